The summed E-state index contributed by atoms with van der Waals surface area (Å²) in [6, 6.07) is 12.4. The lowest BCUT2D eigenvalue weighted by atomic mass is 9.86. The van der Waals surface area contributed by atoms with Crippen LogP contribution >= 0.6 is 0 Å². The van der Waals surface area contributed by atoms with Gasteiger partial charge >= 0.3 is 0 Å². The van der Waals surface area contributed by atoms with E-state index in [0.717, 1.165) is 5.56 Å². The molecule has 0 saturated heterocycles. The summed E-state index contributed by atoms with van der Waals surface area (Å²) in [5, 5.41) is 2.74. The molecule has 110 valence electrons. The predicted molar refractivity (Wildman–Crippen MR) is 84.8 cm³/mol. The van der Waals surface area contributed by atoms with Crippen LogP contribution in [0.5, 0.6) is 0 Å². The zero-order chi connectivity index (χ0) is 15.6. The zero-order valence-electron chi connectivity index (χ0n) is 12.8. The molecular weight excluding hydrogens is 265 g/mol. The molecule has 2 rings (SSSR count). The lowest BCUT2D eigenvalue weighted by Crippen LogP contribution is -2.10. The maximum absolute atomic E-state index is 13.5. The van der Waals surface area contributed by atoms with Crippen molar-refractivity contribution in [3.05, 3.63) is 53.8 Å². The van der Waals surface area contributed by atoms with Gasteiger partial charge in [-0.05, 0) is 34.7 Å². The highest BCUT2D eigenvalue weighted by Gasteiger charge is 2.14. The Kier molecular flexibility index (Phi) is 4.12. The molecule has 2 aromatic rings. The van der Waals surface area contributed by atoms with Crippen LogP contribution in [-0.2, 0) is 10.2 Å². The van der Waals surface area contributed by atoms with E-state index in [9.17, 15) is 9.18 Å². The number of benzene rings is 2. The molecule has 0 aromatic heterocycles. The van der Waals surface area contributed by atoms with Gasteiger partial charge in [-0.1, -0.05) is 45.0 Å². The summed E-state index contributed by atoms with van der Waals surface area (Å²) in [6.45, 7) is 7.88. The number of amides is 1. The minimum atomic E-state index is -0.320. The van der Waals surface area contributed by atoms with E-state index in [4.69, 9.17) is 0 Å². The SMILES string of the molecule is CC(=O)Nc1ccc(F)cc1-c1ccc(C(C)(C)C)cc1. The van der Waals surface area contributed by atoms with Crippen LogP contribution in [0.2, 0.25) is 0 Å². The zero-order valence-corrected chi connectivity index (χ0v) is 12.8. The van der Waals surface area contributed by atoms with Gasteiger partial charge in [-0.15, -0.1) is 0 Å². The molecule has 0 aliphatic carbocycles. The Morgan fingerprint density at radius 1 is 1.05 bits per heavy atom. The van der Waals surface area contributed by atoms with Crippen molar-refractivity contribution in [2.45, 2.75) is 33.1 Å². The molecule has 0 fully saturated rings. The molecule has 2 aromatic carbocycles. The standard InChI is InChI=1S/C18H20FNO/c1-12(21)20-17-10-9-15(19)11-16(17)13-5-7-14(8-6-13)18(2,3)4/h5-11H,1-4H3,(H,20,21). The number of anilines is 1. The van der Waals surface area contributed by atoms with Crippen molar-refractivity contribution >= 4 is 11.6 Å². The fourth-order valence-corrected chi connectivity index (χ4v) is 2.20. The maximum atomic E-state index is 13.5. The molecule has 0 spiro atoms. The van der Waals surface area contributed by atoms with Crippen molar-refractivity contribution in [1.29, 1.82) is 0 Å². The van der Waals surface area contributed by atoms with Crippen LogP contribution in [0.4, 0.5) is 10.1 Å². The van der Waals surface area contributed by atoms with Crippen molar-refractivity contribution in [1.82, 2.24) is 0 Å². The Balaban J connectivity index is 2.45. The summed E-state index contributed by atoms with van der Waals surface area (Å²) in [5.41, 5.74) is 3.47. The van der Waals surface area contributed by atoms with Crippen molar-refractivity contribution in [2.75, 3.05) is 5.32 Å². The molecule has 0 atom stereocenters. The minimum absolute atomic E-state index is 0.0704. The summed E-state index contributed by atoms with van der Waals surface area (Å²) in [5.74, 6) is -0.492. The van der Waals surface area contributed by atoms with Crippen molar-refractivity contribution < 1.29 is 9.18 Å². The third kappa shape index (κ3) is 3.69. The van der Waals surface area contributed by atoms with Gasteiger partial charge in [-0.25, -0.2) is 4.39 Å². The number of hydrogen-bond donors (Lipinski definition) is 1. The normalized spacial score (nSPS) is 11.3. The van der Waals surface area contributed by atoms with E-state index in [1.54, 1.807) is 6.07 Å². The Hall–Kier alpha value is -2.16. The lowest BCUT2D eigenvalue weighted by Gasteiger charge is -2.19. The fraction of sp³-hybridized carbons (Fsp3) is 0.278. The molecule has 1 amide bonds. The van der Waals surface area contributed by atoms with E-state index >= 15 is 0 Å². The van der Waals surface area contributed by atoms with Gasteiger partial charge in [0, 0.05) is 18.2 Å². The molecule has 0 saturated carbocycles. The Morgan fingerprint density at radius 3 is 2.19 bits per heavy atom. The van der Waals surface area contributed by atoms with Crippen LogP contribution in [-0.4, -0.2) is 5.91 Å². The summed E-state index contributed by atoms with van der Waals surface area (Å²) in [7, 11) is 0. The van der Waals surface area contributed by atoms with Crippen molar-refractivity contribution in [2.24, 2.45) is 0 Å². The Bertz CT molecular complexity index is 654. The van der Waals surface area contributed by atoms with Gasteiger partial charge in [0.25, 0.3) is 0 Å². The summed E-state index contributed by atoms with van der Waals surface area (Å²) in [6.07, 6.45) is 0. The van der Waals surface area contributed by atoms with Gasteiger partial charge in [0.15, 0.2) is 0 Å². The van der Waals surface area contributed by atoms with Gasteiger partial charge in [0.05, 0.1) is 0 Å². The van der Waals surface area contributed by atoms with Crippen LogP contribution in [0.15, 0.2) is 42.5 Å². The van der Waals surface area contributed by atoms with Crippen LogP contribution in [0.25, 0.3) is 11.1 Å². The number of carbonyl (C=O) groups excluding carboxylic acids is 1. The molecule has 0 bridgehead atoms. The Labute approximate surface area is 125 Å². The monoisotopic (exact) mass is 285 g/mol. The maximum Gasteiger partial charge on any atom is 0.221 e. The molecule has 2 nitrogen and oxygen atoms in total. The third-order valence-electron chi connectivity index (χ3n) is 3.35. The molecule has 3 heteroatoms. The lowest BCUT2D eigenvalue weighted by molar-refractivity contribution is -0.114. The van der Waals surface area contributed by atoms with Crippen LogP contribution < -0.4 is 5.32 Å². The van der Waals surface area contributed by atoms with Crippen molar-refractivity contribution in [3.63, 3.8) is 0 Å². The molecule has 0 radical (unpaired) electrons. The highest BCUT2D eigenvalue weighted by atomic mass is 19.1. The topological polar surface area (TPSA) is 29.1 Å². The second kappa shape index (κ2) is 5.68. The number of hydrogen-bond acceptors (Lipinski definition) is 1. The first kappa shape index (κ1) is 15.2. The average molecular weight is 285 g/mol. The van der Waals surface area contributed by atoms with Crippen LogP contribution in [0.3, 0.4) is 0 Å². The van der Waals surface area contributed by atoms with Gasteiger partial charge in [-0.2, -0.15) is 0 Å². The van der Waals surface area contributed by atoms with Crippen molar-refractivity contribution in [3.8, 4) is 11.1 Å². The van der Waals surface area contributed by atoms with E-state index in [2.05, 4.69) is 26.1 Å². The number of carbonyl (C=O) groups is 1. The van der Waals surface area contributed by atoms with E-state index in [1.807, 2.05) is 24.3 Å². The van der Waals surface area contributed by atoms with Gasteiger partial charge in [0.1, 0.15) is 5.82 Å². The molecule has 0 unspecified atom stereocenters. The number of halogens is 1. The second-order valence-electron chi connectivity index (χ2n) is 6.20. The van der Waals surface area contributed by atoms with Crippen LogP contribution in [0.1, 0.15) is 33.3 Å². The van der Waals surface area contributed by atoms with Gasteiger partial charge < -0.3 is 5.32 Å². The molecular formula is C18H20FNO. The fourth-order valence-electron chi connectivity index (χ4n) is 2.20. The second-order valence-corrected chi connectivity index (χ2v) is 6.20. The smallest absolute Gasteiger partial charge is 0.221 e. The highest BCUT2D eigenvalue weighted by molar-refractivity contribution is 5.94. The molecule has 0 heterocycles. The minimum Gasteiger partial charge on any atom is -0.326 e. The average Bonchev–Trinajstić information content (AvgIpc) is 2.39. The summed E-state index contributed by atoms with van der Waals surface area (Å²) >= 11 is 0. The molecule has 1 N–H and O–H groups in total. The Morgan fingerprint density at radius 2 is 1.67 bits per heavy atom. The van der Waals surface area contributed by atoms with Crippen LogP contribution in [0, 0.1) is 5.82 Å². The summed E-state index contributed by atoms with van der Waals surface area (Å²) in [4.78, 5) is 11.3. The van der Waals surface area contributed by atoms with E-state index in [-0.39, 0.29) is 17.1 Å². The number of nitrogens with one attached hydrogen (secondary N) is 1. The van der Waals surface area contributed by atoms with E-state index in [0.29, 0.717) is 11.3 Å². The van der Waals surface area contributed by atoms with Gasteiger partial charge in [0.2, 0.25) is 5.91 Å². The van der Waals surface area contributed by atoms with E-state index in [1.165, 1.54) is 24.6 Å². The summed E-state index contributed by atoms with van der Waals surface area (Å²) < 4.78 is 13.5. The first-order chi connectivity index (χ1) is 9.77. The largest absolute Gasteiger partial charge is 0.326 e. The quantitative estimate of drug-likeness (QED) is 0.847. The first-order valence-corrected chi connectivity index (χ1v) is 6.95. The van der Waals surface area contributed by atoms with Gasteiger partial charge in [-0.3, -0.25) is 4.79 Å². The molecule has 0 aliphatic rings. The molecule has 0 aliphatic heterocycles. The molecule has 21 heavy (non-hydrogen) atoms. The van der Waals surface area contributed by atoms with E-state index < -0.39 is 0 Å². The highest BCUT2D eigenvalue weighted by Crippen LogP contribution is 2.31. The first-order valence-electron chi connectivity index (χ1n) is 6.95. The third-order valence-corrected chi connectivity index (χ3v) is 3.35. The predicted octanol–water partition coefficient (Wildman–Crippen LogP) is 4.75. The number of rotatable bonds is 2.